The second-order valence-corrected chi connectivity index (χ2v) is 3.97. The number of nitrogens with one attached hydrogen (secondary N) is 1. The van der Waals surface area contributed by atoms with Gasteiger partial charge in [0.25, 0.3) is 0 Å². The third-order valence-electron chi connectivity index (χ3n) is 2.46. The summed E-state index contributed by atoms with van der Waals surface area (Å²) in [6, 6.07) is 5.79. The fourth-order valence-electron chi connectivity index (χ4n) is 1.62. The van der Waals surface area contributed by atoms with Crippen molar-refractivity contribution in [1.82, 2.24) is 5.32 Å². The largest absolute Gasteiger partial charge is 0.489 e. The number of halogens is 1. The molecule has 1 atom stereocenters. The lowest BCUT2D eigenvalue weighted by Gasteiger charge is -2.14. The van der Waals surface area contributed by atoms with E-state index in [2.05, 4.69) is 12.2 Å². The van der Waals surface area contributed by atoms with Gasteiger partial charge >= 0.3 is 0 Å². The van der Waals surface area contributed by atoms with E-state index in [1.165, 1.54) is 0 Å². The minimum Gasteiger partial charge on any atom is -0.489 e. The van der Waals surface area contributed by atoms with Crippen LogP contribution in [0.4, 0.5) is 0 Å². The maximum atomic E-state index is 5.92. The molecule has 2 rings (SSSR count). The Morgan fingerprint density at radius 3 is 3.21 bits per heavy atom. The van der Waals surface area contributed by atoms with E-state index in [1.54, 1.807) is 0 Å². The smallest absolute Gasteiger partial charge is 0.124 e. The van der Waals surface area contributed by atoms with Gasteiger partial charge in [0.05, 0.1) is 0 Å². The second-order valence-electron chi connectivity index (χ2n) is 3.53. The molecule has 2 nitrogen and oxygen atoms in total. The summed E-state index contributed by atoms with van der Waals surface area (Å²) in [4.78, 5) is 0. The van der Waals surface area contributed by atoms with Gasteiger partial charge in [-0.3, -0.25) is 0 Å². The molecule has 0 bridgehead atoms. The van der Waals surface area contributed by atoms with Gasteiger partial charge in [-0.15, -0.1) is 0 Å². The zero-order valence-electron chi connectivity index (χ0n) is 8.22. The Kier molecular flexibility index (Phi) is 2.94. The summed E-state index contributed by atoms with van der Waals surface area (Å²) in [6.07, 6.45) is 1.30. The maximum Gasteiger partial charge on any atom is 0.124 e. The lowest BCUT2D eigenvalue weighted by atomic mass is 10.2. The van der Waals surface area contributed by atoms with Crippen LogP contribution in [-0.2, 0) is 6.54 Å². The Bertz CT molecular complexity index is 327. The number of ether oxygens (including phenoxy) is 1. The van der Waals surface area contributed by atoms with Crippen molar-refractivity contribution < 1.29 is 4.74 Å². The molecule has 1 aliphatic rings. The highest BCUT2D eigenvalue weighted by Crippen LogP contribution is 2.25. The van der Waals surface area contributed by atoms with Gasteiger partial charge in [-0.2, -0.15) is 0 Å². The van der Waals surface area contributed by atoms with Crippen molar-refractivity contribution in [3.63, 3.8) is 0 Å². The van der Waals surface area contributed by atoms with Crippen LogP contribution in [0, 0.1) is 0 Å². The predicted octanol–water partition coefficient (Wildman–Crippen LogP) is 2.60. The van der Waals surface area contributed by atoms with Gasteiger partial charge in [-0.1, -0.05) is 18.5 Å². The van der Waals surface area contributed by atoms with Crippen LogP contribution in [0.25, 0.3) is 0 Å². The molecule has 3 heteroatoms. The van der Waals surface area contributed by atoms with E-state index in [1.807, 2.05) is 18.2 Å². The van der Waals surface area contributed by atoms with Gasteiger partial charge in [-0.25, -0.2) is 0 Å². The Labute approximate surface area is 89.2 Å². The number of hydrogen-bond donors (Lipinski definition) is 1. The quantitative estimate of drug-likeness (QED) is 0.771. The van der Waals surface area contributed by atoms with Crippen molar-refractivity contribution in [1.29, 1.82) is 0 Å². The average Bonchev–Trinajstić information content (AvgIpc) is 2.38. The van der Waals surface area contributed by atoms with E-state index < -0.39 is 0 Å². The van der Waals surface area contributed by atoms with Gasteiger partial charge in [0.2, 0.25) is 0 Å². The molecule has 0 spiro atoms. The monoisotopic (exact) mass is 211 g/mol. The fourth-order valence-corrected chi connectivity index (χ4v) is 1.81. The van der Waals surface area contributed by atoms with Crippen molar-refractivity contribution in [2.45, 2.75) is 26.0 Å². The van der Waals surface area contributed by atoms with Crippen LogP contribution in [0.15, 0.2) is 18.2 Å². The lowest BCUT2D eigenvalue weighted by molar-refractivity contribution is 0.202. The molecule has 0 radical (unpaired) electrons. The maximum absolute atomic E-state index is 5.92. The SMILES string of the molecule is CCC1CNCc2cc(Cl)ccc2O1. The van der Waals surface area contributed by atoms with Crippen LogP contribution in [-0.4, -0.2) is 12.6 Å². The van der Waals surface area contributed by atoms with Gasteiger partial charge in [0, 0.05) is 23.7 Å². The van der Waals surface area contributed by atoms with E-state index in [9.17, 15) is 0 Å². The van der Waals surface area contributed by atoms with Crippen LogP contribution in [0.1, 0.15) is 18.9 Å². The highest BCUT2D eigenvalue weighted by atomic mass is 35.5. The van der Waals surface area contributed by atoms with Gasteiger partial charge in [-0.05, 0) is 24.6 Å². The molecule has 0 saturated carbocycles. The molecule has 76 valence electrons. The Balaban J connectivity index is 2.27. The van der Waals surface area contributed by atoms with Crippen molar-refractivity contribution in [2.75, 3.05) is 6.54 Å². The van der Waals surface area contributed by atoms with Crippen molar-refractivity contribution in [2.24, 2.45) is 0 Å². The second kappa shape index (κ2) is 4.20. The van der Waals surface area contributed by atoms with Crippen LogP contribution in [0.5, 0.6) is 5.75 Å². The molecular weight excluding hydrogens is 198 g/mol. The van der Waals surface area contributed by atoms with Crippen LogP contribution in [0.2, 0.25) is 5.02 Å². The van der Waals surface area contributed by atoms with Crippen molar-refractivity contribution >= 4 is 11.6 Å². The molecule has 0 saturated heterocycles. The van der Waals surface area contributed by atoms with E-state index in [0.29, 0.717) is 0 Å². The van der Waals surface area contributed by atoms with E-state index in [4.69, 9.17) is 16.3 Å². The molecule has 1 heterocycles. The molecule has 1 N–H and O–H groups in total. The fraction of sp³-hybridized carbons (Fsp3) is 0.455. The predicted molar refractivity (Wildman–Crippen MR) is 57.9 cm³/mol. The normalized spacial score (nSPS) is 20.9. The summed E-state index contributed by atoms with van der Waals surface area (Å²) < 4.78 is 5.84. The first-order valence-electron chi connectivity index (χ1n) is 4.95. The standard InChI is InChI=1S/C11H14ClNO/c1-2-10-7-13-6-8-5-9(12)3-4-11(8)14-10/h3-5,10,13H,2,6-7H2,1H3. The molecule has 1 aromatic rings. The molecule has 0 fully saturated rings. The Morgan fingerprint density at radius 1 is 1.57 bits per heavy atom. The first kappa shape index (κ1) is 9.81. The Morgan fingerprint density at radius 2 is 2.43 bits per heavy atom. The number of benzene rings is 1. The van der Waals surface area contributed by atoms with E-state index >= 15 is 0 Å². The summed E-state index contributed by atoms with van der Waals surface area (Å²) in [5.74, 6) is 0.964. The summed E-state index contributed by atoms with van der Waals surface area (Å²) in [7, 11) is 0. The summed E-state index contributed by atoms with van der Waals surface area (Å²) in [6.45, 7) is 3.88. The third kappa shape index (κ3) is 2.02. The number of rotatable bonds is 1. The Hall–Kier alpha value is -0.730. The summed E-state index contributed by atoms with van der Waals surface area (Å²) in [5.41, 5.74) is 1.15. The van der Waals surface area contributed by atoms with Crippen molar-refractivity contribution in [3.05, 3.63) is 28.8 Å². The number of hydrogen-bond acceptors (Lipinski definition) is 2. The lowest BCUT2D eigenvalue weighted by Crippen LogP contribution is -2.27. The topological polar surface area (TPSA) is 21.3 Å². The highest BCUT2D eigenvalue weighted by Gasteiger charge is 2.15. The van der Waals surface area contributed by atoms with Gasteiger partial charge in [0.15, 0.2) is 0 Å². The van der Waals surface area contributed by atoms with Gasteiger partial charge < -0.3 is 10.1 Å². The van der Waals surface area contributed by atoms with Crippen LogP contribution < -0.4 is 10.1 Å². The zero-order valence-corrected chi connectivity index (χ0v) is 8.97. The van der Waals surface area contributed by atoms with Crippen LogP contribution >= 0.6 is 11.6 Å². The van der Waals surface area contributed by atoms with Crippen molar-refractivity contribution in [3.8, 4) is 5.75 Å². The zero-order chi connectivity index (χ0) is 9.97. The molecule has 14 heavy (non-hydrogen) atoms. The molecule has 1 aromatic carbocycles. The summed E-state index contributed by atoms with van der Waals surface area (Å²) in [5, 5.41) is 4.12. The minimum atomic E-state index is 0.275. The van der Waals surface area contributed by atoms with E-state index in [-0.39, 0.29) is 6.10 Å². The first-order chi connectivity index (χ1) is 6.79. The molecule has 0 aromatic heterocycles. The minimum absolute atomic E-state index is 0.275. The average molecular weight is 212 g/mol. The third-order valence-corrected chi connectivity index (χ3v) is 2.69. The molecular formula is C11H14ClNO. The summed E-state index contributed by atoms with van der Waals surface area (Å²) >= 11 is 5.92. The number of fused-ring (bicyclic) bond motifs is 1. The van der Waals surface area contributed by atoms with E-state index in [0.717, 1.165) is 35.8 Å². The first-order valence-corrected chi connectivity index (χ1v) is 5.33. The molecule has 0 aliphatic carbocycles. The highest BCUT2D eigenvalue weighted by molar-refractivity contribution is 6.30. The van der Waals surface area contributed by atoms with Gasteiger partial charge in [0.1, 0.15) is 11.9 Å². The molecule has 1 unspecified atom stereocenters. The molecule has 0 amide bonds. The van der Waals surface area contributed by atoms with Crippen LogP contribution in [0.3, 0.4) is 0 Å². The molecule has 1 aliphatic heterocycles.